The van der Waals surface area contributed by atoms with Crippen LogP contribution in [-0.4, -0.2) is 4.57 Å². The van der Waals surface area contributed by atoms with Crippen molar-refractivity contribution in [3.8, 4) is 50.2 Å². The van der Waals surface area contributed by atoms with E-state index in [9.17, 15) is 0 Å². The van der Waals surface area contributed by atoms with Gasteiger partial charge in [0.2, 0.25) is 0 Å². The van der Waals surface area contributed by atoms with E-state index >= 15 is 0 Å². The van der Waals surface area contributed by atoms with E-state index in [1.165, 1.54) is 88.7 Å². The van der Waals surface area contributed by atoms with Gasteiger partial charge in [-0.15, -0.1) is 0 Å². The zero-order valence-electron chi connectivity index (χ0n) is 34.5. The van der Waals surface area contributed by atoms with Crippen molar-refractivity contribution in [2.45, 2.75) is 5.41 Å². The summed E-state index contributed by atoms with van der Waals surface area (Å²) < 4.78 is 2.52. The molecule has 0 fully saturated rings. The fourth-order valence-corrected chi connectivity index (χ4v) is 11.0. The van der Waals surface area contributed by atoms with E-state index in [4.69, 9.17) is 0 Å². The van der Waals surface area contributed by atoms with Gasteiger partial charge < -0.3 is 9.47 Å². The summed E-state index contributed by atoms with van der Waals surface area (Å²) in [6, 6.07) is 89.6. The molecule has 1 atom stereocenters. The molecule has 0 bridgehead atoms. The molecule has 2 heterocycles. The predicted molar refractivity (Wildman–Crippen MR) is 263 cm³/mol. The standard InChI is InChI=1S/C61H40N2/c1-3-18-41(19-4-1)42-34-36-44(37-35-42)47-23-9-14-31-57(47)62(56-30-13-8-22-46(56)43-20-5-2-6-21-43)45-38-39-49-48-24-7-11-27-52(48)61(55(49)40-45)53-28-12-16-33-59(53)63-58-32-15-10-25-50(58)51-26-17-29-54(61)60(51)63/h1-40H. The molecule has 1 unspecified atom stereocenters. The second-order valence-corrected chi connectivity index (χ2v) is 16.8. The topological polar surface area (TPSA) is 8.17 Å². The fraction of sp³-hybridized carbons (Fsp3) is 0.0164. The first-order valence-electron chi connectivity index (χ1n) is 21.9. The van der Waals surface area contributed by atoms with E-state index in [-0.39, 0.29) is 0 Å². The minimum atomic E-state index is -0.570. The maximum absolute atomic E-state index is 2.52. The summed E-state index contributed by atoms with van der Waals surface area (Å²) in [5.41, 5.74) is 21.4. The van der Waals surface area contributed by atoms with Gasteiger partial charge in [-0.25, -0.2) is 0 Å². The van der Waals surface area contributed by atoms with E-state index in [0.29, 0.717) is 0 Å². The minimum Gasteiger partial charge on any atom is -0.309 e. The van der Waals surface area contributed by atoms with Crippen LogP contribution in [0.25, 0.3) is 72.0 Å². The Labute approximate surface area is 367 Å². The molecule has 63 heavy (non-hydrogen) atoms. The van der Waals surface area contributed by atoms with Gasteiger partial charge in [0.15, 0.2) is 0 Å². The Morgan fingerprint density at radius 2 is 0.825 bits per heavy atom. The van der Waals surface area contributed by atoms with E-state index in [0.717, 1.165) is 22.6 Å². The highest BCUT2D eigenvalue weighted by atomic mass is 15.1. The summed E-state index contributed by atoms with van der Waals surface area (Å²) in [5.74, 6) is 0. The van der Waals surface area contributed by atoms with Crippen molar-refractivity contribution >= 4 is 38.9 Å². The van der Waals surface area contributed by atoms with Crippen LogP contribution >= 0.6 is 0 Å². The van der Waals surface area contributed by atoms with Gasteiger partial charge in [0, 0.05) is 27.6 Å². The van der Waals surface area contributed by atoms with Crippen molar-refractivity contribution in [2.75, 3.05) is 4.90 Å². The van der Waals surface area contributed by atoms with E-state index in [2.05, 4.69) is 252 Å². The summed E-state index contributed by atoms with van der Waals surface area (Å²) in [6.07, 6.45) is 0. The van der Waals surface area contributed by atoms with Crippen LogP contribution in [0.1, 0.15) is 22.3 Å². The number of benzene rings is 10. The molecule has 1 aliphatic heterocycles. The van der Waals surface area contributed by atoms with Gasteiger partial charge in [-0.1, -0.05) is 206 Å². The first kappa shape index (κ1) is 35.5. The number of nitrogens with zero attached hydrogens (tertiary/aromatic N) is 2. The smallest absolute Gasteiger partial charge is 0.0755 e. The molecule has 11 aromatic rings. The molecule has 13 rings (SSSR count). The number of aromatic nitrogens is 1. The van der Waals surface area contributed by atoms with Gasteiger partial charge in [-0.3, -0.25) is 0 Å². The van der Waals surface area contributed by atoms with Crippen LogP contribution in [0.15, 0.2) is 243 Å². The Morgan fingerprint density at radius 1 is 0.317 bits per heavy atom. The van der Waals surface area contributed by atoms with Gasteiger partial charge in [-0.2, -0.15) is 0 Å². The molecular weight excluding hydrogens is 761 g/mol. The third-order valence-electron chi connectivity index (χ3n) is 13.6. The molecule has 0 amide bonds. The Morgan fingerprint density at radius 3 is 1.57 bits per heavy atom. The lowest BCUT2D eigenvalue weighted by molar-refractivity contribution is 0.748. The second kappa shape index (κ2) is 13.9. The van der Waals surface area contributed by atoms with Gasteiger partial charge in [0.1, 0.15) is 0 Å². The molecule has 2 nitrogen and oxygen atoms in total. The first-order chi connectivity index (χ1) is 31.3. The lowest BCUT2D eigenvalue weighted by atomic mass is 9.65. The zero-order valence-corrected chi connectivity index (χ0v) is 34.5. The molecular formula is C61H40N2. The molecule has 1 aliphatic carbocycles. The highest BCUT2D eigenvalue weighted by molar-refractivity contribution is 6.13. The Kier molecular flexibility index (Phi) is 7.85. The molecule has 0 saturated heterocycles. The third kappa shape index (κ3) is 5.13. The summed E-state index contributed by atoms with van der Waals surface area (Å²) in [4.78, 5) is 2.51. The number of fused-ring (bicyclic) bond motifs is 12. The van der Waals surface area contributed by atoms with Crippen LogP contribution < -0.4 is 4.90 Å². The normalized spacial score (nSPS) is 14.4. The van der Waals surface area contributed by atoms with E-state index in [1.807, 2.05) is 0 Å². The van der Waals surface area contributed by atoms with E-state index in [1.54, 1.807) is 0 Å². The Bertz CT molecular complexity index is 3560. The largest absolute Gasteiger partial charge is 0.309 e. The molecule has 2 heteroatoms. The third-order valence-corrected chi connectivity index (χ3v) is 13.6. The van der Waals surface area contributed by atoms with Crippen molar-refractivity contribution in [3.05, 3.63) is 265 Å². The quantitative estimate of drug-likeness (QED) is 0.163. The van der Waals surface area contributed by atoms with Crippen molar-refractivity contribution < 1.29 is 0 Å². The number of para-hydroxylation sites is 5. The monoisotopic (exact) mass is 800 g/mol. The highest BCUT2D eigenvalue weighted by Crippen LogP contribution is 2.62. The van der Waals surface area contributed by atoms with Crippen LogP contribution in [-0.2, 0) is 5.41 Å². The van der Waals surface area contributed by atoms with Gasteiger partial charge in [-0.05, 0) is 92.0 Å². The molecule has 2 aliphatic rings. The van der Waals surface area contributed by atoms with Gasteiger partial charge >= 0.3 is 0 Å². The molecule has 1 aromatic heterocycles. The minimum absolute atomic E-state index is 0.570. The maximum atomic E-state index is 2.52. The molecule has 0 N–H and O–H groups in total. The fourth-order valence-electron chi connectivity index (χ4n) is 11.0. The number of anilines is 3. The SMILES string of the molecule is c1ccc(-c2ccc(-c3ccccc3N(c3ccc4c(c3)C3(c5ccccc5-4)c4ccccc4-n4c5ccccc5c5cccc3c54)c3ccccc3-c3ccccc3)cc2)cc1. The van der Waals surface area contributed by atoms with Gasteiger partial charge in [0.05, 0.1) is 33.5 Å². The molecule has 294 valence electrons. The van der Waals surface area contributed by atoms with Crippen molar-refractivity contribution in [3.63, 3.8) is 0 Å². The van der Waals surface area contributed by atoms with Crippen LogP contribution in [0.3, 0.4) is 0 Å². The number of hydrogen-bond acceptors (Lipinski definition) is 1. The summed E-state index contributed by atoms with van der Waals surface area (Å²) in [7, 11) is 0. The number of rotatable bonds is 6. The molecule has 1 spiro atoms. The lowest BCUT2D eigenvalue weighted by Gasteiger charge is -2.40. The zero-order chi connectivity index (χ0) is 41.5. The summed E-state index contributed by atoms with van der Waals surface area (Å²) in [5, 5.41) is 2.56. The van der Waals surface area contributed by atoms with E-state index < -0.39 is 5.41 Å². The average Bonchev–Trinajstić information content (AvgIpc) is 3.85. The van der Waals surface area contributed by atoms with Crippen LogP contribution in [0.5, 0.6) is 0 Å². The van der Waals surface area contributed by atoms with Crippen molar-refractivity contribution in [1.82, 2.24) is 4.57 Å². The van der Waals surface area contributed by atoms with Crippen LogP contribution in [0, 0.1) is 0 Å². The van der Waals surface area contributed by atoms with Crippen molar-refractivity contribution in [1.29, 1.82) is 0 Å². The highest BCUT2D eigenvalue weighted by Gasteiger charge is 2.51. The average molecular weight is 801 g/mol. The van der Waals surface area contributed by atoms with Crippen LogP contribution in [0.4, 0.5) is 17.1 Å². The molecule has 0 saturated carbocycles. The number of hydrogen-bond donors (Lipinski definition) is 0. The predicted octanol–water partition coefficient (Wildman–Crippen LogP) is 15.9. The lowest BCUT2D eigenvalue weighted by Crippen LogP contribution is -2.33. The Hall–Kier alpha value is -8.20. The van der Waals surface area contributed by atoms with Gasteiger partial charge in [0.25, 0.3) is 0 Å². The molecule has 10 aromatic carbocycles. The summed E-state index contributed by atoms with van der Waals surface area (Å²) in [6.45, 7) is 0. The second-order valence-electron chi connectivity index (χ2n) is 16.8. The first-order valence-corrected chi connectivity index (χ1v) is 21.9. The maximum Gasteiger partial charge on any atom is 0.0755 e. The molecule has 0 radical (unpaired) electrons. The summed E-state index contributed by atoms with van der Waals surface area (Å²) >= 11 is 0. The Balaban J connectivity index is 1.10. The van der Waals surface area contributed by atoms with Crippen molar-refractivity contribution in [2.24, 2.45) is 0 Å². The van der Waals surface area contributed by atoms with Crippen LogP contribution in [0.2, 0.25) is 0 Å².